The van der Waals surface area contributed by atoms with E-state index in [-0.39, 0.29) is 11.4 Å². The van der Waals surface area contributed by atoms with Crippen LogP contribution in [0.5, 0.6) is 0 Å². The monoisotopic (exact) mass is 299 g/mol. The highest BCUT2D eigenvalue weighted by Gasteiger charge is 2.14. The van der Waals surface area contributed by atoms with Crippen molar-refractivity contribution in [3.05, 3.63) is 34.4 Å². The lowest BCUT2D eigenvalue weighted by molar-refractivity contribution is 0.580. The Labute approximate surface area is 114 Å². The van der Waals surface area contributed by atoms with E-state index in [1.54, 1.807) is 0 Å². The molecule has 0 aromatic carbocycles. The molecule has 0 aliphatic rings. The molecule has 0 amide bonds. The summed E-state index contributed by atoms with van der Waals surface area (Å²) in [5.74, 6) is 5.56. The van der Waals surface area contributed by atoms with Gasteiger partial charge >= 0.3 is 0 Å². The quantitative estimate of drug-likeness (QED) is 0.551. The van der Waals surface area contributed by atoms with E-state index in [0.29, 0.717) is 11.5 Å². The van der Waals surface area contributed by atoms with Gasteiger partial charge in [-0.2, -0.15) is 0 Å². The molecule has 9 heteroatoms. The van der Waals surface area contributed by atoms with E-state index < -0.39 is 10.0 Å². The van der Waals surface area contributed by atoms with Gasteiger partial charge in [-0.15, -0.1) is 11.3 Å². The first kappa shape index (κ1) is 13.9. The molecule has 19 heavy (non-hydrogen) atoms. The number of nitrogens with two attached hydrogens (primary N) is 1. The number of hydrazine groups is 1. The van der Waals surface area contributed by atoms with E-state index in [0.717, 1.165) is 5.01 Å². The van der Waals surface area contributed by atoms with Crippen LogP contribution in [0, 0.1) is 6.92 Å². The summed E-state index contributed by atoms with van der Waals surface area (Å²) in [7, 11) is -3.59. The van der Waals surface area contributed by atoms with Crippen molar-refractivity contribution in [2.45, 2.75) is 18.4 Å². The maximum Gasteiger partial charge on any atom is 0.242 e. The minimum atomic E-state index is -3.59. The Morgan fingerprint density at radius 2 is 2.21 bits per heavy atom. The van der Waals surface area contributed by atoms with Gasteiger partial charge in [0.1, 0.15) is 10.7 Å². The van der Waals surface area contributed by atoms with E-state index in [1.807, 2.05) is 12.3 Å². The fourth-order valence-electron chi connectivity index (χ4n) is 1.37. The van der Waals surface area contributed by atoms with Crippen LogP contribution < -0.4 is 16.0 Å². The number of aromatic nitrogens is 2. The Morgan fingerprint density at radius 1 is 1.42 bits per heavy atom. The first-order chi connectivity index (χ1) is 9.01. The van der Waals surface area contributed by atoms with Crippen LogP contribution in [-0.4, -0.2) is 18.4 Å². The molecule has 4 N–H and O–H groups in total. The fraction of sp³-hybridized carbons (Fsp3) is 0.200. The summed E-state index contributed by atoms with van der Waals surface area (Å²) in [4.78, 5) is 8.12. The standard InChI is InChI=1S/C10H13N5O2S2/c1-7-14-8(6-18-7)4-13-19(16,17)9-2-3-10(15-11)12-5-9/h2-3,5-6,13H,4,11H2,1H3,(H,12,15). The SMILES string of the molecule is Cc1nc(CNS(=O)(=O)c2ccc(NN)nc2)cs1. The van der Waals surface area contributed by atoms with Gasteiger partial charge in [0.05, 0.1) is 17.2 Å². The van der Waals surface area contributed by atoms with Crippen LogP contribution in [0.25, 0.3) is 0 Å². The van der Waals surface area contributed by atoms with E-state index in [4.69, 9.17) is 5.84 Å². The smallest absolute Gasteiger partial charge is 0.242 e. The first-order valence-electron chi connectivity index (χ1n) is 5.34. The summed E-state index contributed by atoms with van der Waals surface area (Å²) in [5, 5.41) is 2.71. The van der Waals surface area contributed by atoms with Crippen molar-refractivity contribution >= 4 is 27.2 Å². The molecule has 2 aromatic heterocycles. The highest BCUT2D eigenvalue weighted by atomic mass is 32.2. The van der Waals surface area contributed by atoms with Crippen LogP contribution in [0.15, 0.2) is 28.6 Å². The van der Waals surface area contributed by atoms with Crippen molar-refractivity contribution < 1.29 is 8.42 Å². The number of hydrogen-bond donors (Lipinski definition) is 3. The van der Waals surface area contributed by atoms with Crippen molar-refractivity contribution in [3.8, 4) is 0 Å². The summed E-state index contributed by atoms with van der Waals surface area (Å²) >= 11 is 1.48. The molecule has 0 aliphatic heterocycles. The third-order valence-corrected chi connectivity index (χ3v) is 4.51. The number of nitrogens with zero attached hydrogens (tertiary/aromatic N) is 2. The average Bonchev–Trinajstić information content (AvgIpc) is 2.82. The van der Waals surface area contributed by atoms with Gasteiger partial charge in [0, 0.05) is 11.6 Å². The molecule has 2 heterocycles. The Hall–Kier alpha value is -1.55. The number of anilines is 1. The summed E-state index contributed by atoms with van der Waals surface area (Å²) in [6.45, 7) is 2.02. The van der Waals surface area contributed by atoms with Crippen LogP contribution in [0.4, 0.5) is 5.82 Å². The molecule has 2 aromatic rings. The fourth-order valence-corrected chi connectivity index (χ4v) is 2.92. The number of rotatable bonds is 5. The molecule has 0 aliphatic carbocycles. The lowest BCUT2D eigenvalue weighted by atomic mass is 10.5. The number of aryl methyl sites for hydroxylation is 1. The van der Waals surface area contributed by atoms with Crippen molar-refractivity contribution in [2.75, 3.05) is 5.43 Å². The zero-order chi connectivity index (χ0) is 13.9. The third-order valence-electron chi connectivity index (χ3n) is 2.30. The van der Waals surface area contributed by atoms with Gasteiger partial charge in [0.2, 0.25) is 10.0 Å². The minimum absolute atomic E-state index is 0.0819. The summed E-state index contributed by atoms with van der Waals surface area (Å²) in [6.07, 6.45) is 1.24. The zero-order valence-corrected chi connectivity index (χ0v) is 11.8. The maximum absolute atomic E-state index is 12.0. The predicted molar refractivity (Wildman–Crippen MR) is 72.9 cm³/mol. The molecule has 0 unspecified atom stereocenters. The molecule has 0 atom stereocenters. The number of hydrogen-bond acceptors (Lipinski definition) is 7. The van der Waals surface area contributed by atoms with Crippen LogP contribution in [0.1, 0.15) is 10.7 Å². The third kappa shape index (κ3) is 3.47. The van der Waals surface area contributed by atoms with Gasteiger partial charge in [-0.3, -0.25) is 0 Å². The average molecular weight is 299 g/mol. The first-order valence-corrected chi connectivity index (χ1v) is 7.71. The minimum Gasteiger partial charge on any atom is -0.308 e. The van der Waals surface area contributed by atoms with Crippen molar-refractivity contribution in [1.82, 2.24) is 14.7 Å². The van der Waals surface area contributed by atoms with E-state index in [2.05, 4.69) is 20.1 Å². The second kappa shape index (κ2) is 5.61. The lowest BCUT2D eigenvalue weighted by Gasteiger charge is -2.05. The molecule has 0 saturated carbocycles. The summed E-state index contributed by atoms with van der Waals surface area (Å²) in [6, 6.07) is 2.92. The van der Waals surface area contributed by atoms with Crippen molar-refractivity contribution in [1.29, 1.82) is 0 Å². The molecular weight excluding hydrogens is 286 g/mol. The maximum atomic E-state index is 12.0. The Bertz CT molecular complexity index is 651. The molecule has 2 rings (SSSR count). The topological polar surface area (TPSA) is 110 Å². The van der Waals surface area contributed by atoms with Crippen LogP contribution in [0.2, 0.25) is 0 Å². The predicted octanol–water partition coefficient (Wildman–Crippen LogP) is 0.611. The van der Waals surface area contributed by atoms with Crippen LogP contribution in [0.3, 0.4) is 0 Å². The Kier molecular flexibility index (Phi) is 4.10. The number of sulfonamides is 1. The van der Waals surface area contributed by atoms with Crippen LogP contribution in [-0.2, 0) is 16.6 Å². The number of nitrogens with one attached hydrogen (secondary N) is 2. The van der Waals surface area contributed by atoms with E-state index in [1.165, 1.54) is 29.7 Å². The summed E-state index contributed by atoms with van der Waals surface area (Å²) < 4.78 is 26.4. The molecule has 7 nitrogen and oxygen atoms in total. The van der Waals surface area contributed by atoms with Crippen LogP contribution >= 0.6 is 11.3 Å². The van der Waals surface area contributed by atoms with Gasteiger partial charge < -0.3 is 5.43 Å². The highest BCUT2D eigenvalue weighted by Crippen LogP contribution is 2.12. The van der Waals surface area contributed by atoms with Gasteiger partial charge in [0.25, 0.3) is 0 Å². The molecular formula is C10H13N5O2S2. The second-order valence-electron chi connectivity index (χ2n) is 3.71. The van der Waals surface area contributed by atoms with E-state index >= 15 is 0 Å². The molecule has 0 spiro atoms. The van der Waals surface area contributed by atoms with Gasteiger partial charge in [-0.05, 0) is 19.1 Å². The zero-order valence-electron chi connectivity index (χ0n) is 10.1. The van der Waals surface area contributed by atoms with Gasteiger partial charge in [-0.25, -0.2) is 29.0 Å². The molecule has 0 bridgehead atoms. The normalized spacial score (nSPS) is 11.5. The number of nitrogen functional groups attached to an aromatic ring is 1. The second-order valence-corrected chi connectivity index (χ2v) is 6.54. The molecule has 0 saturated heterocycles. The van der Waals surface area contributed by atoms with Crippen molar-refractivity contribution in [2.24, 2.45) is 5.84 Å². The Balaban J connectivity index is 2.09. The summed E-state index contributed by atoms with van der Waals surface area (Å²) in [5.41, 5.74) is 3.03. The van der Waals surface area contributed by atoms with Crippen molar-refractivity contribution in [3.63, 3.8) is 0 Å². The highest BCUT2D eigenvalue weighted by molar-refractivity contribution is 7.89. The molecule has 0 radical (unpaired) electrons. The van der Waals surface area contributed by atoms with Gasteiger partial charge in [-0.1, -0.05) is 0 Å². The van der Waals surface area contributed by atoms with Gasteiger partial charge in [0.15, 0.2) is 0 Å². The molecule has 102 valence electrons. The van der Waals surface area contributed by atoms with E-state index in [9.17, 15) is 8.42 Å². The number of thiazole rings is 1. The molecule has 0 fully saturated rings. The lowest BCUT2D eigenvalue weighted by Crippen LogP contribution is -2.23. The largest absolute Gasteiger partial charge is 0.308 e. The number of pyridine rings is 1. The Morgan fingerprint density at radius 3 is 2.74 bits per heavy atom.